The third kappa shape index (κ3) is 3.30. The van der Waals surface area contributed by atoms with Crippen LogP contribution in [0.5, 0.6) is 0 Å². The monoisotopic (exact) mass is 377 g/mol. The number of aliphatic hydroxyl groups is 1. The molecule has 6 unspecified atom stereocenters. The van der Waals surface area contributed by atoms with Gasteiger partial charge in [-0.2, -0.15) is 0 Å². The molecule has 27 heavy (non-hydrogen) atoms. The zero-order chi connectivity index (χ0) is 19.2. The Kier molecular flexibility index (Phi) is 5.68. The molecule has 3 N–H and O–H groups in total. The summed E-state index contributed by atoms with van der Waals surface area (Å²) in [7, 11) is 0. The SMILES string of the molecule is CC(CCC(O)ON)[C@H]1CCC2C3CC[C@@H]4CCCC[C@]4(C)C3CCC21C. The summed E-state index contributed by atoms with van der Waals surface area (Å²) in [5.41, 5.74) is 1.17. The summed E-state index contributed by atoms with van der Waals surface area (Å²) in [4.78, 5) is 4.58. The zero-order valence-electron chi connectivity index (χ0n) is 18.0. The second kappa shape index (κ2) is 7.61. The van der Waals surface area contributed by atoms with Crippen molar-refractivity contribution in [2.45, 2.75) is 104 Å². The van der Waals surface area contributed by atoms with E-state index < -0.39 is 6.29 Å². The molecular formula is C24H43NO2. The van der Waals surface area contributed by atoms with Gasteiger partial charge in [-0.05, 0) is 104 Å². The fourth-order valence-electron chi connectivity index (χ4n) is 8.95. The predicted octanol–water partition coefficient (Wildman–Crippen LogP) is 5.66. The number of aliphatic hydroxyl groups excluding tert-OH is 1. The van der Waals surface area contributed by atoms with E-state index in [1.807, 2.05) is 0 Å². The molecule has 3 nitrogen and oxygen atoms in total. The molecule has 0 radical (unpaired) electrons. The molecule has 0 aromatic rings. The van der Waals surface area contributed by atoms with E-state index >= 15 is 0 Å². The topological polar surface area (TPSA) is 55.5 Å². The quantitative estimate of drug-likeness (QED) is 0.480. The van der Waals surface area contributed by atoms with Crippen LogP contribution in [-0.2, 0) is 4.84 Å². The van der Waals surface area contributed by atoms with E-state index in [9.17, 15) is 5.11 Å². The average Bonchev–Trinajstić information content (AvgIpc) is 3.02. The molecule has 0 amide bonds. The highest BCUT2D eigenvalue weighted by atomic mass is 16.7. The molecule has 0 heterocycles. The molecule has 0 aliphatic heterocycles. The van der Waals surface area contributed by atoms with Gasteiger partial charge in [-0.1, -0.05) is 33.6 Å². The molecule has 4 aliphatic rings. The highest BCUT2D eigenvalue weighted by molar-refractivity contribution is 5.09. The van der Waals surface area contributed by atoms with Crippen LogP contribution in [0.25, 0.3) is 0 Å². The van der Waals surface area contributed by atoms with Crippen LogP contribution in [0.15, 0.2) is 0 Å². The first kappa shape index (κ1) is 20.2. The minimum Gasteiger partial charge on any atom is -0.366 e. The van der Waals surface area contributed by atoms with Crippen LogP contribution < -0.4 is 5.90 Å². The molecule has 0 spiro atoms. The zero-order valence-corrected chi connectivity index (χ0v) is 18.0. The highest BCUT2D eigenvalue weighted by Gasteiger charge is 2.60. The molecule has 4 fully saturated rings. The Labute approximate surface area is 166 Å². The Bertz CT molecular complexity index is 525. The van der Waals surface area contributed by atoms with Gasteiger partial charge in [-0.15, -0.1) is 0 Å². The fourth-order valence-corrected chi connectivity index (χ4v) is 8.95. The van der Waals surface area contributed by atoms with Gasteiger partial charge in [0.25, 0.3) is 0 Å². The summed E-state index contributed by atoms with van der Waals surface area (Å²) in [6.45, 7) is 7.72. The molecule has 0 aromatic carbocycles. The minimum absolute atomic E-state index is 0.521. The molecule has 156 valence electrons. The molecular weight excluding hydrogens is 334 g/mol. The maximum atomic E-state index is 9.69. The van der Waals surface area contributed by atoms with Gasteiger partial charge in [0.05, 0.1) is 0 Å². The van der Waals surface area contributed by atoms with Gasteiger partial charge in [0.1, 0.15) is 0 Å². The van der Waals surface area contributed by atoms with Crippen molar-refractivity contribution in [3.05, 3.63) is 0 Å². The van der Waals surface area contributed by atoms with E-state index in [-0.39, 0.29) is 0 Å². The third-order valence-electron chi connectivity index (χ3n) is 10.4. The third-order valence-corrected chi connectivity index (χ3v) is 10.4. The van der Waals surface area contributed by atoms with E-state index in [2.05, 4.69) is 25.6 Å². The van der Waals surface area contributed by atoms with E-state index in [1.165, 1.54) is 64.2 Å². The molecule has 0 saturated heterocycles. The largest absolute Gasteiger partial charge is 0.366 e. The molecule has 0 aromatic heterocycles. The Morgan fingerprint density at radius 2 is 1.70 bits per heavy atom. The van der Waals surface area contributed by atoms with Gasteiger partial charge in [0.2, 0.25) is 0 Å². The van der Waals surface area contributed by atoms with Crippen molar-refractivity contribution in [2.75, 3.05) is 0 Å². The van der Waals surface area contributed by atoms with Crippen molar-refractivity contribution >= 4 is 0 Å². The van der Waals surface area contributed by atoms with E-state index in [0.717, 1.165) is 36.0 Å². The average molecular weight is 378 g/mol. The van der Waals surface area contributed by atoms with Gasteiger partial charge in [-0.3, -0.25) is 4.84 Å². The maximum absolute atomic E-state index is 9.69. The van der Waals surface area contributed by atoms with Crippen LogP contribution in [0.3, 0.4) is 0 Å². The van der Waals surface area contributed by atoms with Crippen molar-refractivity contribution < 1.29 is 9.94 Å². The Balaban J connectivity index is 1.48. The summed E-state index contributed by atoms with van der Waals surface area (Å²) >= 11 is 0. The summed E-state index contributed by atoms with van der Waals surface area (Å²) in [5, 5.41) is 9.69. The molecule has 4 rings (SSSR count). The van der Waals surface area contributed by atoms with E-state index in [4.69, 9.17) is 5.90 Å². The number of fused-ring (bicyclic) bond motifs is 5. The first-order chi connectivity index (χ1) is 12.9. The van der Waals surface area contributed by atoms with Crippen molar-refractivity contribution in [3.8, 4) is 0 Å². The van der Waals surface area contributed by atoms with Crippen LogP contribution in [0.1, 0.15) is 97.8 Å². The van der Waals surface area contributed by atoms with Crippen LogP contribution in [-0.4, -0.2) is 11.4 Å². The lowest BCUT2D eigenvalue weighted by Crippen LogP contribution is -2.53. The first-order valence-electron chi connectivity index (χ1n) is 11.9. The normalized spacial score (nSPS) is 49.0. The fraction of sp³-hybridized carbons (Fsp3) is 1.00. The maximum Gasteiger partial charge on any atom is 0.174 e. The lowest BCUT2D eigenvalue weighted by Gasteiger charge is -2.61. The Hall–Kier alpha value is -0.120. The summed E-state index contributed by atoms with van der Waals surface area (Å²) in [5.74, 6) is 10.5. The van der Waals surface area contributed by atoms with Gasteiger partial charge >= 0.3 is 0 Å². The van der Waals surface area contributed by atoms with Crippen LogP contribution >= 0.6 is 0 Å². The summed E-state index contributed by atoms with van der Waals surface area (Å²) in [6, 6.07) is 0. The minimum atomic E-state index is -0.797. The van der Waals surface area contributed by atoms with E-state index in [0.29, 0.717) is 23.2 Å². The van der Waals surface area contributed by atoms with Crippen molar-refractivity contribution in [2.24, 2.45) is 52.2 Å². The Morgan fingerprint density at radius 1 is 0.926 bits per heavy atom. The number of rotatable bonds is 5. The molecule has 0 bridgehead atoms. The van der Waals surface area contributed by atoms with Gasteiger partial charge in [0.15, 0.2) is 6.29 Å². The van der Waals surface area contributed by atoms with Crippen molar-refractivity contribution in [1.82, 2.24) is 0 Å². The number of hydrogen-bond acceptors (Lipinski definition) is 3. The van der Waals surface area contributed by atoms with Gasteiger partial charge in [0, 0.05) is 6.42 Å². The number of hydrogen-bond donors (Lipinski definition) is 2. The standard InChI is InChI=1S/C24H43NO2/c1-16(7-12-22(26)27-25)19-10-11-20-18-9-8-17-6-4-5-14-23(17,2)21(18)13-15-24(19,20)3/h16-22,26H,4-15,25H2,1-3H3/t16?,17-,18?,19+,20?,21?,22?,23-,24?/m0/s1. The lowest BCUT2D eigenvalue weighted by atomic mass is 9.44. The van der Waals surface area contributed by atoms with Crippen molar-refractivity contribution in [1.29, 1.82) is 0 Å². The van der Waals surface area contributed by atoms with E-state index in [1.54, 1.807) is 0 Å². The van der Waals surface area contributed by atoms with Crippen molar-refractivity contribution in [3.63, 3.8) is 0 Å². The van der Waals surface area contributed by atoms with Crippen LogP contribution in [0.4, 0.5) is 0 Å². The van der Waals surface area contributed by atoms with Crippen LogP contribution in [0.2, 0.25) is 0 Å². The predicted molar refractivity (Wildman–Crippen MR) is 110 cm³/mol. The van der Waals surface area contributed by atoms with Crippen LogP contribution in [0, 0.1) is 46.3 Å². The molecule has 9 atom stereocenters. The highest BCUT2D eigenvalue weighted by Crippen LogP contribution is 2.68. The lowest BCUT2D eigenvalue weighted by molar-refractivity contribution is -0.120. The van der Waals surface area contributed by atoms with Gasteiger partial charge in [-0.25, -0.2) is 5.90 Å². The smallest absolute Gasteiger partial charge is 0.174 e. The molecule has 3 heteroatoms. The Morgan fingerprint density at radius 3 is 2.48 bits per heavy atom. The first-order valence-corrected chi connectivity index (χ1v) is 11.9. The second-order valence-electron chi connectivity index (χ2n) is 11.3. The van der Waals surface area contributed by atoms with Gasteiger partial charge < -0.3 is 5.11 Å². The second-order valence-corrected chi connectivity index (χ2v) is 11.3. The summed E-state index contributed by atoms with van der Waals surface area (Å²) in [6.07, 6.45) is 15.6. The summed E-state index contributed by atoms with van der Waals surface area (Å²) < 4.78 is 0. The molecule has 4 saturated carbocycles. The molecule has 4 aliphatic carbocycles. The number of nitrogens with two attached hydrogens (primary N) is 1.